The molecule has 4 rings (SSSR count). The molecule has 4 heteroatoms. The molecule has 0 radical (unpaired) electrons. The van der Waals surface area contributed by atoms with E-state index in [4.69, 9.17) is 0 Å². The number of rotatable bonds is 2. The number of amides is 1. The Kier molecular flexibility index (Phi) is 3.23. The van der Waals surface area contributed by atoms with Crippen molar-refractivity contribution in [1.29, 1.82) is 0 Å². The molecule has 2 fully saturated rings. The predicted molar refractivity (Wildman–Crippen MR) is 81.0 cm³/mol. The van der Waals surface area contributed by atoms with E-state index in [1.807, 2.05) is 6.07 Å². The van der Waals surface area contributed by atoms with Gasteiger partial charge in [0.2, 0.25) is 5.91 Å². The van der Waals surface area contributed by atoms with Crippen molar-refractivity contribution in [2.75, 3.05) is 5.75 Å². The molecule has 3 aliphatic heterocycles. The van der Waals surface area contributed by atoms with E-state index >= 15 is 0 Å². The maximum Gasteiger partial charge on any atom is 0.228 e. The zero-order valence-corrected chi connectivity index (χ0v) is 12.3. The summed E-state index contributed by atoms with van der Waals surface area (Å²) in [5.74, 6) is 1.17. The normalized spacial score (nSPS) is 34.8. The number of thioether (sulfide) groups is 1. The third-order valence-electron chi connectivity index (χ3n) is 4.84. The van der Waals surface area contributed by atoms with Crippen LogP contribution in [-0.4, -0.2) is 29.8 Å². The Balaban J connectivity index is 1.44. The summed E-state index contributed by atoms with van der Waals surface area (Å²) in [6.07, 6.45) is 4.76. The molecule has 3 nitrogen and oxygen atoms in total. The Morgan fingerprint density at radius 2 is 1.95 bits per heavy atom. The van der Waals surface area contributed by atoms with Crippen LogP contribution in [-0.2, 0) is 4.79 Å². The molecule has 0 saturated carbocycles. The van der Waals surface area contributed by atoms with Crippen LogP contribution in [0.4, 0.5) is 0 Å². The lowest BCUT2D eigenvalue weighted by Gasteiger charge is -2.30. The van der Waals surface area contributed by atoms with Crippen LogP contribution in [0.5, 0.6) is 0 Å². The van der Waals surface area contributed by atoms with E-state index in [0.29, 0.717) is 18.1 Å². The first-order chi connectivity index (χ1) is 9.79. The van der Waals surface area contributed by atoms with Gasteiger partial charge in [-0.05, 0) is 37.3 Å². The molecular weight excluding hydrogens is 268 g/mol. The molecule has 3 aliphatic rings. The molecular formula is C16H20N2OS. The van der Waals surface area contributed by atoms with Crippen molar-refractivity contribution in [2.24, 2.45) is 0 Å². The minimum Gasteiger partial charge on any atom is -0.353 e. The number of benzene rings is 1. The van der Waals surface area contributed by atoms with E-state index in [1.54, 1.807) is 11.8 Å². The van der Waals surface area contributed by atoms with Crippen molar-refractivity contribution < 1.29 is 4.79 Å². The molecule has 0 aromatic heterocycles. The van der Waals surface area contributed by atoms with Crippen LogP contribution in [0.25, 0.3) is 0 Å². The van der Waals surface area contributed by atoms with Gasteiger partial charge in [0.05, 0.1) is 5.92 Å². The molecule has 1 aromatic carbocycles. The fourth-order valence-corrected chi connectivity index (χ4v) is 5.09. The van der Waals surface area contributed by atoms with E-state index in [1.165, 1.54) is 23.3 Å². The van der Waals surface area contributed by atoms with Crippen LogP contribution in [0.1, 0.15) is 37.2 Å². The van der Waals surface area contributed by atoms with Gasteiger partial charge in [0, 0.05) is 28.8 Å². The number of hydrogen-bond donors (Lipinski definition) is 2. The van der Waals surface area contributed by atoms with E-state index in [-0.39, 0.29) is 11.8 Å². The first-order valence-corrected chi connectivity index (χ1v) is 8.56. The van der Waals surface area contributed by atoms with Crippen LogP contribution >= 0.6 is 11.8 Å². The second-order valence-corrected chi connectivity index (χ2v) is 7.28. The minimum atomic E-state index is 0.0451. The second-order valence-electron chi connectivity index (χ2n) is 6.22. The summed E-state index contributed by atoms with van der Waals surface area (Å²) >= 11 is 1.81. The van der Waals surface area contributed by atoms with Crippen LogP contribution in [0.3, 0.4) is 0 Å². The smallest absolute Gasteiger partial charge is 0.228 e. The Labute approximate surface area is 123 Å². The molecule has 2 saturated heterocycles. The average molecular weight is 288 g/mol. The monoisotopic (exact) mass is 288 g/mol. The van der Waals surface area contributed by atoms with Gasteiger partial charge >= 0.3 is 0 Å². The minimum absolute atomic E-state index is 0.0451. The molecule has 2 bridgehead atoms. The van der Waals surface area contributed by atoms with Gasteiger partial charge < -0.3 is 10.6 Å². The van der Waals surface area contributed by atoms with Gasteiger partial charge in [-0.25, -0.2) is 0 Å². The van der Waals surface area contributed by atoms with Crippen LogP contribution in [0.2, 0.25) is 0 Å². The lowest BCUT2D eigenvalue weighted by Crippen LogP contribution is -2.49. The zero-order valence-electron chi connectivity index (χ0n) is 11.5. The Morgan fingerprint density at radius 3 is 2.75 bits per heavy atom. The molecule has 1 amide bonds. The lowest BCUT2D eigenvalue weighted by atomic mass is 9.96. The summed E-state index contributed by atoms with van der Waals surface area (Å²) in [4.78, 5) is 13.8. The van der Waals surface area contributed by atoms with Crippen LogP contribution in [0, 0.1) is 0 Å². The summed E-state index contributed by atoms with van der Waals surface area (Å²) in [5.41, 5.74) is 1.21. The molecule has 1 aromatic rings. The van der Waals surface area contributed by atoms with Gasteiger partial charge in [0.15, 0.2) is 0 Å². The summed E-state index contributed by atoms with van der Waals surface area (Å²) < 4.78 is 0. The fourth-order valence-electron chi connectivity index (χ4n) is 3.86. The van der Waals surface area contributed by atoms with Gasteiger partial charge in [0.1, 0.15) is 0 Å². The van der Waals surface area contributed by atoms with Crippen molar-refractivity contribution in [3.63, 3.8) is 0 Å². The highest BCUT2D eigenvalue weighted by Crippen LogP contribution is 2.39. The topological polar surface area (TPSA) is 41.1 Å². The first kappa shape index (κ1) is 12.7. The zero-order chi connectivity index (χ0) is 13.5. The SMILES string of the molecule is O=C(NC1CC2CCC(C1)N2)C1CSc2ccccc21. The average Bonchev–Trinajstić information content (AvgIpc) is 3.02. The summed E-state index contributed by atoms with van der Waals surface area (Å²) in [5, 5.41) is 6.93. The maximum atomic E-state index is 12.6. The summed E-state index contributed by atoms with van der Waals surface area (Å²) in [7, 11) is 0. The van der Waals surface area contributed by atoms with Gasteiger partial charge in [-0.15, -0.1) is 11.8 Å². The van der Waals surface area contributed by atoms with Gasteiger partial charge in [-0.3, -0.25) is 4.79 Å². The Bertz CT molecular complexity index is 521. The van der Waals surface area contributed by atoms with Crippen molar-refractivity contribution >= 4 is 17.7 Å². The lowest BCUT2D eigenvalue weighted by molar-refractivity contribution is -0.123. The van der Waals surface area contributed by atoms with Gasteiger partial charge in [-0.1, -0.05) is 18.2 Å². The van der Waals surface area contributed by atoms with Crippen LogP contribution in [0.15, 0.2) is 29.2 Å². The van der Waals surface area contributed by atoms with Crippen molar-refractivity contribution in [3.05, 3.63) is 29.8 Å². The molecule has 3 atom stereocenters. The first-order valence-electron chi connectivity index (χ1n) is 7.58. The fraction of sp³-hybridized carbons (Fsp3) is 0.562. The Hall–Kier alpha value is -1.00. The maximum absolute atomic E-state index is 12.6. The number of carbonyl (C=O) groups excluding carboxylic acids is 1. The van der Waals surface area contributed by atoms with E-state index < -0.39 is 0 Å². The van der Waals surface area contributed by atoms with Gasteiger partial charge in [0.25, 0.3) is 0 Å². The summed E-state index contributed by atoms with van der Waals surface area (Å²) in [6.45, 7) is 0. The molecule has 20 heavy (non-hydrogen) atoms. The van der Waals surface area contributed by atoms with E-state index in [2.05, 4.69) is 28.8 Å². The number of carbonyl (C=O) groups is 1. The second kappa shape index (κ2) is 5.08. The third-order valence-corrected chi connectivity index (χ3v) is 6.02. The number of piperidine rings is 1. The van der Waals surface area contributed by atoms with Gasteiger partial charge in [-0.2, -0.15) is 0 Å². The highest BCUT2D eigenvalue weighted by atomic mass is 32.2. The third kappa shape index (κ3) is 2.25. The van der Waals surface area contributed by atoms with E-state index in [0.717, 1.165) is 18.6 Å². The Morgan fingerprint density at radius 1 is 1.20 bits per heavy atom. The molecule has 106 valence electrons. The molecule has 0 spiro atoms. The quantitative estimate of drug-likeness (QED) is 0.877. The van der Waals surface area contributed by atoms with Crippen molar-refractivity contribution in [1.82, 2.24) is 10.6 Å². The predicted octanol–water partition coefficient (Wildman–Crippen LogP) is 2.28. The van der Waals surface area contributed by atoms with Crippen molar-refractivity contribution in [2.45, 2.75) is 54.6 Å². The summed E-state index contributed by atoms with van der Waals surface area (Å²) in [6, 6.07) is 9.95. The van der Waals surface area contributed by atoms with Crippen LogP contribution < -0.4 is 10.6 Å². The highest BCUT2D eigenvalue weighted by molar-refractivity contribution is 7.99. The molecule has 0 aliphatic carbocycles. The molecule has 2 N–H and O–H groups in total. The largest absolute Gasteiger partial charge is 0.353 e. The number of hydrogen-bond acceptors (Lipinski definition) is 3. The number of nitrogens with one attached hydrogen (secondary N) is 2. The van der Waals surface area contributed by atoms with Crippen molar-refractivity contribution in [3.8, 4) is 0 Å². The number of fused-ring (bicyclic) bond motifs is 3. The standard InChI is InChI=1S/C16H20N2OS/c19-16(14-9-20-15-4-2-1-3-13(14)15)18-12-7-10-5-6-11(8-12)17-10/h1-4,10-12,14,17H,5-9H2,(H,18,19). The molecule has 3 heterocycles. The molecule has 3 unspecified atom stereocenters. The van der Waals surface area contributed by atoms with E-state index in [9.17, 15) is 4.79 Å². The highest BCUT2D eigenvalue weighted by Gasteiger charge is 2.36.